The van der Waals surface area contributed by atoms with Gasteiger partial charge in [-0.2, -0.15) is 0 Å². The SMILES string of the molecule is CC1CN(Cc2nc3cc(N)ccc3o2)C(C)CO1. The van der Waals surface area contributed by atoms with Crippen molar-refractivity contribution in [2.24, 2.45) is 0 Å². The second-order valence-corrected chi connectivity index (χ2v) is 5.26. The predicted octanol–water partition coefficient (Wildman–Crippen LogP) is 2.02. The summed E-state index contributed by atoms with van der Waals surface area (Å²) in [5, 5.41) is 0. The van der Waals surface area contributed by atoms with Crippen LogP contribution in [0, 0.1) is 0 Å². The minimum Gasteiger partial charge on any atom is -0.439 e. The Balaban J connectivity index is 1.80. The molecule has 2 heterocycles. The van der Waals surface area contributed by atoms with E-state index in [9.17, 15) is 0 Å². The van der Waals surface area contributed by atoms with Crippen LogP contribution >= 0.6 is 0 Å². The molecule has 2 unspecified atom stereocenters. The molecule has 2 atom stereocenters. The van der Waals surface area contributed by atoms with Crippen molar-refractivity contribution in [1.82, 2.24) is 9.88 Å². The van der Waals surface area contributed by atoms with E-state index in [2.05, 4.69) is 23.7 Å². The van der Waals surface area contributed by atoms with Crippen LogP contribution in [-0.2, 0) is 11.3 Å². The van der Waals surface area contributed by atoms with Crippen LogP contribution in [0.2, 0.25) is 0 Å². The number of nitrogens with zero attached hydrogens (tertiary/aromatic N) is 2. The molecule has 0 radical (unpaired) electrons. The van der Waals surface area contributed by atoms with E-state index in [1.807, 2.05) is 18.2 Å². The van der Waals surface area contributed by atoms with Gasteiger partial charge in [-0.25, -0.2) is 4.98 Å². The van der Waals surface area contributed by atoms with E-state index in [1.54, 1.807) is 0 Å². The van der Waals surface area contributed by atoms with Gasteiger partial charge in [0.2, 0.25) is 5.89 Å². The lowest BCUT2D eigenvalue weighted by atomic mass is 10.2. The zero-order valence-corrected chi connectivity index (χ0v) is 11.3. The van der Waals surface area contributed by atoms with E-state index in [0.29, 0.717) is 18.3 Å². The zero-order valence-electron chi connectivity index (χ0n) is 11.3. The minimum absolute atomic E-state index is 0.260. The van der Waals surface area contributed by atoms with Crippen molar-refractivity contribution in [3.8, 4) is 0 Å². The molecule has 0 spiro atoms. The van der Waals surface area contributed by atoms with Gasteiger partial charge in [0.25, 0.3) is 0 Å². The second-order valence-electron chi connectivity index (χ2n) is 5.26. The number of oxazole rings is 1. The molecule has 5 heteroatoms. The number of benzene rings is 1. The summed E-state index contributed by atoms with van der Waals surface area (Å²) in [4.78, 5) is 6.83. The van der Waals surface area contributed by atoms with Crippen LogP contribution in [0.1, 0.15) is 19.7 Å². The quantitative estimate of drug-likeness (QED) is 0.838. The average molecular weight is 261 g/mol. The van der Waals surface area contributed by atoms with E-state index < -0.39 is 0 Å². The lowest BCUT2D eigenvalue weighted by Crippen LogP contribution is -2.46. The summed E-state index contributed by atoms with van der Waals surface area (Å²) in [6.07, 6.45) is 0.260. The topological polar surface area (TPSA) is 64.5 Å². The lowest BCUT2D eigenvalue weighted by molar-refractivity contribution is -0.0549. The van der Waals surface area contributed by atoms with Crippen molar-refractivity contribution in [2.75, 3.05) is 18.9 Å². The maximum absolute atomic E-state index is 5.76. The first-order valence-corrected chi connectivity index (χ1v) is 6.62. The van der Waals surface area contributed by atoms with Gasteiger partial charge in [0.1, 0.15) is 5.52 Å². The van der Waals surface area contributed by atoms with E-state index in [0.717, 1.165) is 30.1 Å². The number of morpholine rings is 1. The Bertz CT molecular complexity index is 581. The number of aromatic nitrogens is 1. The molecule has 1 saturated heterocycles. The second kappa shape index (κ2) is 4.83. The number of anilines is 1. The van der Waals surface area contributed by atoms with Crippen LogP contribution in [-0.4, -0.2) is 35.2 Å². The van der Waals surface area contributed by atoms with Crippen molar-refractivity contribution < 1.29 is 9.15 Å². The Morgan fingerprint density at radius 1 is 1.42 bits per heavy atom. The third-order valence-electron chi connectivity index (χ3n) is 3.53. The summed E-state index contributed by atoms with van der Waals surface area (Å²) in [5.74, 6) is 0.738. The first-order chi connectivity index (χ1) is 9.11. The van der Waals surface area contributed by atoms with Gasteiger partial charge < -0.3 is 14.9 Å². The molecule has 1 aliphatic rings. The molecule has 2 aromatic rings. The number of fused-ring (bicyclic) bond motifs is 1. The predicted molar refractivity (Wildman–Crippen MR) is 73.7 cm³/mol. The van der Waals surface area contributed by atoms with E-state index in [-0.39, 0.29) is 6.10 Å². The van der Waals surface area contributed by atoms with Gasteiger partial charge in [0.15, 0.2) is 5.58 Å². The standard InChI is InChI=1S/C14H19N3O2/c1-9-8-18-10(2)6-17(9)7-14-16-12-5-11(15)3-4-13(12)19-14/h3-5,9-10H,6-8,15H2,1-2H3. The van der Waals surface area contributed by atoms with Crippen molar-refractivity contribution in [2.45, 2.75) is 32.5 Å². The van der Waals surface area contributed by atoms with Gasteiger partial charge >= 0.3 is 0 Å². The number of nitrogen functional groups attached to an aromatic ring is 1. The molecular formula is C14H19N3O2. The van der Waals surface area contributed by atoms with Gasteiger partial charge in [-0.1, -0.05) is 0 Å². The summed E-state index contributed by atoms with van der Waals surface area (Å²) in [5.41, 5.74) is 8.07. The third kappa shape index (κ3) is 2.57. The van der Waals surface area contributed by atoms with Gasteiger partial charge in [0, 0.05) is 18.3 Å². The van der Waals surface area contributed by atoms with Crippen LogP contribution in [0.3, 0.4) is 0 Å². The molecule has 3 rings (SSSR count). The molecule has 19 heavy (non-hydrogen) atoms. The first kappa shape index (κ1) is 12.4. The number of ether oxygens (including phenoxy) is 1. The highest BCUT2D eigenvalue weighted by atomic mass is 16.5. The zero-order chi connectivity index (χ0) is 13.4. The van der Waals surface area contributed by atoms with Crippen molar-refractivity contribution >= 4 is 16.8 Å². The molecule has 1 fully saturated rings. The van der Waals surface area contributed by atoms with Crippen molar-refractivity contribution in [3.63, 3.8) is 0 Å². The summed E-state index contributed by atoms with van der Waals surface area (Å²) in [7, 11) is 0. The molecule has 1 aromatic carbocycles. The van der Waals surface area contributed by atoms with Crippen molar-refractivity contribution in [1.29, 1.82) is 0 Å². The molecule has 1 aliphatic heterocycles. The smallest absolute Gasteiger partial charge is 0.209 e. The van der Waals surface area contributed by atoms with E-state index in [1.165, 1.54) is 0 Å². The van der Waals surface area contributed by atoms with E-state index >= 15 is 0 Å². The molecule has 0 saturated carbocycles. The third-order valence-corrected chi connectivity index (χ3v) is 3.53. The molecule has 1 aromatic heterocycles. The highest BCUT2D eigenvalue weighted by Crippen LogP contribution is 2.21. The Morgan fingerprint density at radius 2 is 2.26 bits per heavy atom. The highest BCUT2D eigenvalue weighted by Gasteiger charge is 2.24. The molecule has 0 bridgehead atoms. The van der Waals surface area contributed by atoms with Gasteiger partial charge in [-0.05, 0) is 32.0 Å². The fourth-order valence-corrected chi connectivity index (χ4v) is 2.43. The average Bonchev–Trinajstić information content (AvgIpc) is 2.75. The van der Waals surface area contributed by atoms with Gasteiger partial charge in [-0.15, -0.1) is 0 Å². The molecule has 102 valence electrons. The molecule has 0 aliphatic carbocycles. The summed E-state index contributed by atoms with van der Waals surface area (Å²) in [6.45, 7) is 6.62. The Hall–Kier alpha value is -1.59. The van der Waals surface area contributed by atoms with Crippen LogP contribution in [0.4, 0.5) is 5.69 Å². The fourth-order valence-electron chi connectivity index (χ4n) is 2.43. The van der Waals surface area contributed by atoms with Crippen LogP contribution in [0.15, 0.2) is 22.6 Å². The van der Waals surface area contributed by atoms with Crippen LogP contribution in [0.5, 0.6) is 0 Å². The maximum atomic E-state index is 5.76. The van der Waals surface area contributed by atoms with Crippen LogP contribution < -0.4 is 5.73 Å². The lowest BCUT2D eigenvalue weighted by Gasteiger charge is -2.35. The minimum atomic E-state index is 0.260. The van der Waals surface area contributed by atoms with E-state index in [4.69, 9.17) is 14.9 Å². The van der Waals surface area contributed by atoms with Gasteiger partial charge in [-0.3, -0.25) is 4.90 Å². The Labute approximate surface area is 112 Å². The summed E-state index contributed by atoms with van der Waals surface area (Å²) < 4.78 is 11.4. The highest BCUT2D eigenvalue weighted by molar-refractivity contribution is 5.76. The fraction of sp³-hybridized carbons (Fsp3) is 0.500. The number of rotatable bonds is 2. The number of hydrogen-bond acceptors (Lipinski definition) is 5. The Morgan fingerprint density at radius 3 is 3.11 bits per heavy atom. The first-order valence-electron chi connectivity index (χ1n) is 6.62. The summed E-state index contributed by atoms with van der Waals surface area (Å²) in [6, 6.07) is 5.92. The Kier molecular flexibility index (Phi) is 3.16. The largest absolute Gasteiger partial charge is 0.439 e. The molecule has 0 amide bonds. The maximum Gasteiger partial charge on any atom is 0.209 e. The summed E-state index contributed by atoms with van der Waals surface area (Å²) >= 11 is 0. The normalized spacial score (nSPS) is 24.9. The monoisotopic (exact) mass is 261 g/mol. The van der Waals surface area contributed by atoms with Crippen molar-refractivity contribution in [3.05, 3.63) is 24.1 Å². The molecule has 5 nitrogen and oxygen atoms in total. The molecule has 2 N–H and O–H groups in total. The van der Waals surface area contributed by atoms with Gasteiger partial charge in [0.05, 0.1) is 19.3 Å². The molecular weight excluding hydrogens is 242 g/mol. The number of nitrogens with two attached hydrogens (primary N) is 1. The number of hydrogen-bond donors (Lipinski definition) is 1. The van der Waals surface area contributed by atoms with Crippen LogP contribution in [0.25, 0.3) is 11.1 Å².